The van der Waals surface area contributed by atoms with Gasteiger partial charge < -0.3 is 9.52 Å². The highest BCUT2D eigenvalue weighted by atomic mass is 32.2. The average Bonchev–Trinajstić information content (AvgIpc) is 3.03. The highest BCUT2D eigenvalue weighted by Gasteiger charge is 2.17. The van der Waals surface area contributed by atoms with E-state index in [1.165, 1.54) is 16.2 Å². The zero-order chi connectivity index (χ0) is 13.9. The molecule has 7 heteroatoms. The van der Waals surface area contributed by atoms with Crippen molar-refractivity contribution in [1.82, 2.24) is 10.2 Å². The predicted octanol–water partition coefficient (Wildman–Crippen LogP) is 2.99. The first-order chi connectivity index (χ1) is 9.72. The number of hydrogen-bond acceptors (Lipinski definition) is 6. The van der Waals surface area contributed by atoms with Crippen LogP contribution in [-0.4, -0.2) is 27.0 Å². The van der Waals surface area contributed by atoms with Gasteiger partial charge in [-0.2, -0.15) is 11.8 Å². The summed E-state index contributed by atoms with van der Waals surface area (Å²) in [5.41, 5.74) is 1.38. The lowest BCUT2D eigenvalue weighted by Crippen LogP contribution is -1.96. The van der Waals surface area contributed by atoms with Gasteiger partial charge in [0.1, 0.15) is 0 Å². The number of carboxylic acids is 1. The monoisotopic (exact) mass is 310 g/mol. The lowest BCUT2D eigenvalue weighted by Gasteiger charge is -2.08. The molecule has 5 nitrogen and oxygen atoms in total. The van der Waals surface area contributed by atoms with Crippen molar-refractivity contribution in [3.63, 3.8) is 0 Å². The van der Waals surface area contributed by atoms with Gasteiger partial charge in [-0.25, -0.2) is 0 Å². The summed E-state index contributed by atoms with van der Waals surface area (Å²) in [6, 6.07) is 2.14. The van der Waals surface area contributed by atoms with Crippen LogP contribution in [0.4, 0.5) is 0 Å². The highest BCUT2D eigenvalue weighted by Crippen LogP contribution is 2.36. The number of carbonyl (C=O) groups is 1. The minimum Gasteiger partial charge on any atom is -0.481 e. The second-order valence-corrected chi connectivity index (χ2v) is 6.85. The molecule has 20 heavy (non-hydrogen) atoms. The largest absolute Gasteiger partial charge is 0.481 e. The molecule has 1 aliphatic heterocycles. The highest BCUT2D eigenvalue weighted by molar-refractivity contribution is 7.98. The number of aromatic nitrogens is 2. The maximum Gasteiger partial charge on any atom is 0.303 e. The zero-order valence-electron chi connectivity index (χ0n) is 10.8. The molecule has 0 atom stereocenters. The summed E-state index contributed by atoms with van der Waals surface area (Å²) in [5.74, 6) is 2.51. The van der Waals surface area contributed by atoms with E-state index < -0.39 is 5.97 Å². The second-order valence-electron chi connectivity index (χ2n) is 4.61. The van der Waals surface area contributed by atoms with Crippen LogP contribution in [0.5, 0.6) is 0 Å². The molecule has 1 N–H and O–H groups in total. The van der Waals surface area contributed by atoms with Gasteiger partial charge in [0.2, 0.25) is 5.89 Å². The Hall–Kier alpha value is -1.34. The van der Waals surface area contributed by atoms with Gasteiger partial charge in [0, 0.05) is 23.5 Å². The summed E-state index contributed by atoms with van der Waals surface area (Å²) in [6.45, 7) is 0. The van der Waals surface area contributed by atoms with Crippen LogP contribution >= 0.6 is 23.1 Å². The van der Waals surface area contributed by atoms with Gasteiger partial charge in [-0.3, -0.25) is 4.79 Å². The van der Waals surface area contributed by atoms with E-state index in [9.17, 15) is 4.79 Å². The van der Waals surface area contributed by atoms with Crippen molar-refractivity contribution in [2.24, 2.45) is 0 Å². The van der Waals surface area contributed by atoms with Gasteiger partial charge in [0.15, 0.2) is 0 Å². The van der Waals surface area contributed by atoms with E-state index in [1.807, 2.05) is 11.8 Å². The Morgan fingerprint density at radius 2 is 2.35 bits per heavy atom. The van der Waals surface area contributed by atoms with E-state index in [0.29, 0.717) is 24.6 Å². The van der Waals surface area contributed by atoms with Crippen molar-refractivity contribution in [2.75, 3.05) is 5.75 Å². The fourth-order valence-corrected chi connectivity index (χ4v) is 4.39. The predicted molar refractivity (Wildman–Crippen MR) is 78.1 cm³/mol. The molecule has 0 aliphatic carbocycles. The number of aliphatic carboxylic acids is 1. The van der Waals surface area contributed by atoms with Crippen molar-refractivity contribution in [3.8, 4) is 10.8 Å². The van der Waals surface area contributed by atoms with Gasteiger partial charge in [0.25, 0.3) is 5.89 Å². The molecule has 0 saturated heterocycles. The van der Waals surface area contributed by atoms with Gasteiger partial charge in [-0.05, 0) is 30.2 Å². The minimum atomic E-state index is -0.798. The molecule has 1 aliphatic rings. The standard InChI is InChI=1S/C13H14N2O3S2/c16-12(17)3-1-2-11-14-15-13(18-11)10-6-8-7-19-5-4-9(8)20-10/h6H,1-5,7H2,(H,16,17). The fraction of sp³-hybridized carbons (Fsp3) is 0.462. The van der Waals surface area contributed by atoms with Crippen molar-refractivity contribution < 1.29 is 14.3 Å². The molecule has 2 aromatic rings. The maximum absolute atomic E-state index is 10.5. The summed E-state index contributed by atoms with van der Waals surface area (Å²) in [6.07, 6.45) is 2.28. The number of fused-ring (bicyclic) bond motifs is 1. The van der Waals surface area contributed by atoms with Crippen molar-refractivity contribution >= 4 is 29.1 Å². The topological polar surface area (TPSA) is 76.2 Å². The maximum atomic E-state index is 10.5. The average molecular weight is 310 g/mol. The summed E-state index contributed by atoms with van der Waals surface area (Å²) >= 11 is 3.68. The SMILES string of the molecule is O=C(O)CCCc1nnc(-c2cc3c(s2)CCSC3)o1. The van der Waals surface area contributed by atoms with Gasteiger partial charge >= 0.3 is 5.97 Å². The Kier molecular flexibility index (Phi) is 4.07. The Balaban J connectivity index is 1.69. The molecular weight excluding hydrogens is 296 g/mol. The normalized spacial score (nSPS) is 14.2. The van der Waals surface area contributed by atoms with E-state index in [2.05, 4.69) is 16.3 Å². The molecule has 0 unspecified atom stereocenters. The number of thiophene rings is 1. The molecule has 0 radical (unpaired) electrons. The summed E-state index contributed by atoms with van der Waals surface area (Å²) < 4.78 is 5.62. The van der Waals surface area contributed by atoms with Gasteiger partial charge in [-0.15, -0.1) is 21.5 Å². The van der Waals surface area contributed by atoms with Gasteiger partial charge in [0.05, 0.1) is 4.88 Å². The Morgan fingerprint density at radius 3 is 3.15 bits per heavy atom. The molecule has 0 amide bonds. The van der Waals surface area contributed by atoms with Crippen LogP contribution < -0.4 is 0 Å². The van der Waals surface area contributed by atoms with E-state index in [1.54, 1.807) is 11.3 Å². The Morgan fingerprint density at radius 1 is 1.45 bits per heavy atom. The van der Waals surface area contributed by atoms with Crippen molar-refractivity contribution in [1.29, 1.82) is 0 Å². The first-order valence-corrected chi connectivity index (χ1v) is 8.43. The Labute approximate surface area is 124 Å². The summed E-state index contributed by atoms with van der Waals surface area (Å²) in [5, 5.41) is 16.7. The lowest BCUT2D eigenvalue weighted by atomic mass is 10.2. The van der Waals surface area contributed by atoms with Crippen molar-refractivity contribution in [2.45, 2.75) is 31.4 Å². The number of hydrogen-bond donors (Lipinski definition) is 1. The van der Waals surface area contributed by atoms with E-state index in [-0.39, 0.29) is 6.42 Å². The van der Waals surface area contributed by atoms with E-state index in [4.69, 9.17) is 9.52 Å². The summed E-state index contributed by atoms with van der Waals surface area (Å²) in [4.78, 5) is 12.9. The molecule has 0 aromatic carbocycles. The van der Waals surface area contributed by atoms with Crippen molar-refractivity contribution in [3.05, 3.63) is 22.4 Å². The van der Waals surface area contributed by atoms with Gasteiger partial charge in [-0.1, -0.05) is 0 Å². The molecule has 3 rings (SSSR count). The number of aryl methyl sites for hydroxylation is 2. The lowest BCUT2D eigenvalue weighted by molar-refractivity contribution is -0.137. The van der Waals surface area contributed by atoms with Crippen LogP contribution in [0.1, 0.15) is 29.2 Å². The van der Waals surface area contributed by atoms with Crippen LogP contribution in [0.25, 0.3) is 10.8 Å². The second kappa shape index (κ2) is 5.97. The molecule has 0 fully saturated rings. The number of rotatable bonds is 5. The molecule has 0 spiro atoms. The third-order valence-corrected chi connectivity index (χ3v) is 5.32. The van der Waals surface area contributed by atoms with Crippen LogP contribution in [-0.2, 0) is 23.4 Å². The molecular formula is C13H14N2O3S2. The minimum absolute atomic E-state index is 0.127. The van der Waals surface area contributed by atoms with Crippen LogP contribution in [0.3, 0.4) is 0 Å². The smallest absolute Gasteiger partial charge is 0.303 e. The van der Waals surface area contributed by atoms with E-state index in [0.717, 1.165) is 17.1 Å². The molecule has 0 saturated carbocycles. The molecule has 3 heterocycles. The molecule has 106 valence electrons. The summed E-state index contributed by atoms with van der Waals surface area (Å²) in [7, 11) is 0. The third-order valence-electron chi connectivity index (χ3n) is 3.09. The Bertz CT molecular complexity index is 597. The van der Waals surface area contributed by atoms with E-state index >= 15 is 0 Å². The molecule has 0 bridgehead atoms. The van der Waals surface area contributed by atoms with Crippen LogP contribution in [0.2, 0.25) is 0 Å². The number of thioether (sulfide) groups is 1. The third kappa shape index (κ3) is 3.04. The number of carboxylic acid groups (broad SMARTS) is 1. The first-order valence-electron chi connectivity index (χ1n) is 6.46. The first kappa shape index (κ1) is 13.6. The van der Waals surface area contributed by atoms with Crippen LogP contribution in [0.15, 0.2) is 10.5 Å². The number of nitrogens with zero attached hydrogens (tertiary/aromatic N) is 2. The van der Waals surface area contributed by atoms with Crippen LogP contribution in [0, 0.1) is 0 Å². The molecule has 2 aromatic heterocycles. The quantitative estimate of drug-likeness (QED) is 0.915. The zero-order valence-corrected chi connectivity index (χ0v) is 12.4. The fourth-order valence-electron chi connectivity index (χ4n) is 2.10.